The van der Waals surface area contributed by atoms with Gasteiger partial charge < -0.3 is 29.6 Å². The van der Waals surface area contributed by atoms with Crippen LogP contribution in [0.3, 0.4) is 0 Å². The van der Waals surface area contributed by atoms with Crippen molar-refractivity contribution in [1.82, 2.24) is 10.3 Å². The van der Waals surface area contributed by atoms with E-state index in [1.807, 2.05) is 6.92 Å². The van der Waals surface area contributed by atoms with Crippen molar-refractivity contribution in [2.45, 2.75) is 13.3 Å². The highest BCUT2D eigenvalue weighted by Crippen LogP contribution is 2.42. The lowest BCUT2D eigenvalue weighted by atomic mass is 10.2. The van der Waals surface area contributed by atoms with Gasteiger partial charge in [0.15, 0.2) is 17.2 Å². The van der Waals surface area contributed by atoms with Crippen molar-refractivity contribution < 1.29 is 19.3 Å². The molecule has 0 saturated carbocycles. The van der Waals surface area contributed by atoms with Crippen molar-refractivity contribution in [3.63, 3.8) is 0 Å². The van der Waals surface area contributed by atoms with Gasteiger partial charge in [0.1, 0.15) is 13.2 Å². The van der Waals surface area contributed by atoms with Crippen LogP contribution in [0.5, 0.6) is 17.4 Å². The Morgan fingerprint density at radius 1 is 1.36 bits per heavy atom. The summed E-state index contributed by atoms with van der Waals surface area (Å²) in [7, 11) is 0. The Labute approximate surface area is 150 Å². The monoisotopic (exact) mass is 364 g/mol. The van der Waals surface area contributed by atoms with Crippen LogP contribution >= 0.6 is 12.2 Å². The van der Waals surface area contributed by atoms with Gasteiger partial charge in [-0.2, -0.15) is 0 Å². The minimum Gasteiger partial charge on any atom is -0.493 e. The van der Waals surface area contributed by atoms with E-state index in [1.165, 1.54) is 0 Å². The number of H-pyrrole nitrogens is 1. The molecule has 8 nitrogen and oxygen atoms in total. The van der Waals surface area contributed by atoms with Gasteiger partial charge in [-0.15, -0.1) is 10.2 Å². The predicted molar refractivity (Wildman–Crippen MR) is 97.2 cm³/mol. The molecule has 0 unspecified atom stereocenters. The first-order valence-electron chi connectivity index (χ1n) is 8.10. The molecule has 1 aromatic carbocycles. The van der Waals surface area contributed by atoms with Crippen LogP contribution in [0.2, 0.25) is 0 Å². The number of nitrogens with one attached hydrogen (secondary N) is 2. The number of nitrogens with zero attached hydrogens (tertiary/aromatic N) is 2. The normalized spacial score (nSPS) is 13.5. The number of thiocarbonyl (C=S) groups is 1. The maximum absolute atomic E-state index is 10.1. The average Bonchev–Trinajstić information content (AvgIpc) is 2.92. The summed E-state index contributed by atoms with van der Waals surface area (Å²) < 4.78 is 16.3. The third-order valence-electron chi connectivity index (χ3n) is 3.60. The second-order valence-corrected chi connectivity index (χ2v) is 5.73. The molecule has 2 aromatic rings. The number of benzene rings is 1. The van der Waals surface area contributed by atoms with E-state index in [0.29, 0.717) is 61.1 Å². The molecule has 0 radical (unpaired) electrons. The summed E-state index contributed by atoms with van der Waals surface area (Å²) in [6.07, 6.45) is 0.825. The Balaban J connectivity index is 1.70. The van der Waals surface area contributed by atoms with E-state index in [0.717, 1.165) is 6.42 Å². The first-order valence-corrected chi connectivity index (χ1v) is 8.51. The fourth-order valence-electron chi connectivity index (χ4n) is 2.45. The summed E-state index contributed by atoms with van der Waals surface area (Å²) in [5.41, 5.74) is 0.997. The van der Waals surface area contributed by atoms with Crippen molar-refractivity contribution in [3.05, 3.63) is 12.1 Å². The van der Waals surface area contributed by atoms with Crippen LogP contribution in [0.4, 0.5) is 5.69 Å². The number of ether oxygens (including phenoxy) is 3. The van der Waals surface area contributed by atoms with E-state index in [4.69, 9.17) is 26.4 Å². The number of hydrogen-bond donors (Lipinski definition) is 3. The van der Waals surface area contributed by atoms with Gasteiger partial charge in [-0.3, -0.25) is 0 Å². The molecule has 9 heteroatoms. The second kappa shape index (κ2) is 8.13. The van der Waals surface area contributed by atoms with Crippen molar-refractivity contribution in [2.24, 2.45) is 10.2 Å². The summed E-state index contributed by atoms with van der Waals surface area (Å²) in [5.74, 6) is 1.17. The highest BCUT2D eigenvalue weighted by Gasteiger charge is 2.18. The van der Waals surface area contributed by atoms with Gasteiger partial charge >= 0.3 is 0 Å². The molecule has 1 aliphatic heterocycles. The van der Waals surface area contributed by atoms with Crippen LogP contribution in [0, 0.1) is 0 Å². The van der Waals surface area contributed by atoms with Gasteiger partial charge in [-0.1, -0.05) is 0 Å². The van der Waals surface area contributed by atoms with E-state index in [-0.39, 0.29) is 11.0 Å². The SMILES string of the molecule is CCOCCCNC(=S)N=Nc1c(O)[nH]c2cc3c(cc12)OCCO3. The largest absolute Gasteiger partial charge is 0.493 e. The Kier molecular flexibility index (Phi) is 5.67. The number of hydrogen-bond acceptors (Lipinski definition) is 6. The zero-order valence-corrected chi connectivity index (χ0v) is 14.7. The zero-order valence-electron chi connectivity index (χ0n) is 13.9. The first kappa shape index (κ1) is 17.4. The molecule has 0 bridgehead atoms. The zero-order chi connectivity index (χ0) is 17.6. The van der Waals surface area contributed by atoms with Crippen molar-refractivity contribution in [3.8, 4) is 17.4 Å². The average molecular weight is 364 g/mol. The van der Waals surface area contributed by atoms with Gasteiger partial charge in [-0.25, -0.2) is 0 Å². The molecule has 1 aromatic heterocycles. The standard InChI is InChI=1S/C16H20N4O4S/c1-2-22-5-3-4-17-16(25)20-19-14-10-8-12-13(24-7-6-23-12)9-11(10)18-15(14)21/h8-9,18,21H,2-7H2,1H3,(H,17,25). The molecular formula is C16H20N4O4S. The Hall–Kier alpha value is -2.39. The van der Waals surface area contributed by atoms with E-state index in [9.17, 15) is 5.11 Å². The molecule has 3 N–H and O–H groups in total. The molecule has 2 heterocycles. The predicted octanol–water partition coefficient (Wildman–Crippen LogP) is 3.03. The van der Waals surface area contributed by atoms with Gasteiger partial charge in [0, 0.05) is 31.2 Å². The molecular weight excluding hydrogens is 344 g/mol. The van der Waals surface area contributed by atoms with Crippen molar-refractivity contribution in [2.75, 3.05) is 33.0 Å². The summed E-state index contributed by atoms with van der Waals surface area (Å²) >= 11 is 5.12. The van der Waals surface area contributed by atoms with Crippen LogP contribution in [0.25, 0.3) is 10.9 Å². The summed E-state index contributed by atoms with van der Waals surface area (Å²) in [5, 5.41) is 22.0. The number of azo groups is 1. The molecule has 0 fully saturated rings. The molecule has 134 valence electrons. The van der Waals surface area contributed by atoms with Crippen LogP contribution in [0.15, 0.2) is 22.4 Å². The van der Waals surface area contributed by atoms with E-state index < -0.39 is 0 Å². The van der Waals surface area contributed by atoms with Gasteiger partial charge in [0.05, 0.1) is 5.52 Å². The third kappa shape index (κ3) is 4.18. The smallest absolute Gasteiger partial charge is 0.218 e. The Morgan fingerprint density at radius 3 is 2.88 bits per heavy atom. The van der Waals surface area contributed by atoms with Crippen LogP contribution < -0.4 is 14.8 Å². The van der Waals surface area contributed by atoms with Gasteiger partial charge in [0.2, 0.25) is 11.0 Å². The molecule has 0 spiro atoms. The lowest BCUT2D eigenvalue weighted by molar-refractivity contribution is 0.146. The lowest BCUT2D eigenvalue weighted by Gasteiger charge is -2.18. The summed E-state index contributed by atoms with van der Waals surface area (Å²) in [6.45, 7) is 4.95. The van der Waals surface area contributed by atoms with E-state index >= 15 is 0 Å². The van der Waals surface area contributed by atoms with E-state index in [1.54, 1.807) is 12.1 Å². The van der Waals surface area contributed by atoms with Crippen LogP contribution in [-0.4, -0.2) is 48.2 Å². The lowest BCUT2D eigenvalue weighted by Crippen LogP contribution is -2.21. The molecule has 3 rings (SSSR count). The van der Waals surface area contributed by atoms with Gasteiger partial charge in [0.25, 0.3) is 0 Å². The fraction of sp³-hybridized carbons (Fsp3) is 0.438. The minimum atomic E-state index is -0.0831. The van der Waals surface area contributed by atoms with E-state index in [2.05, 4.69) is 20.5 Å². The second-order valence-electron chi connectivity index (χ2n) is 5.35. The molecule has 0 atom stereocenters. The Morgan fingerprint density at radius 2 is 2.12 bits per heavy atom. The van der Waals surface area contributed by atoms with Crippen LogP contribution in [-0.2, 0) is 4.74 Å². The van der Waals surface area contributed by atoms with Gasteiger partial charge in [-0.05, 0) is 31.6 Å². The number of aromatic amines is 1. The summed E-state index contributed by atoms with van der Waals surface area (Å²) in [4.78, 5) is 2.85. The highest BCUT2D eigenvalue weighted by atomic mass is 32.1. The maximum Gasteiger partial charge on any atom is 0.218 e. The first-order chi connectivity index (χ1) is 12.2. The number of aromatic hydroxyl groups is 1. The Bertz CT molecular complexity index is 790. The quantitative estimate of drug-likeness (QED) is 0.414. The topological polar surface area (TPSA) is 100 Å². The molecule has 0 saturated heterocycles. The summed E-state index contributed by atoms with van der Waals surface area (Å²) in [6, 6.07) is 3.54. The molecule has 0 aliphatic carbocycles. The molecule has 0 amide bonds. The highest BCUT2D eigenvalue weighted by molar-refractivity contribution is 7.80. The molecule has 1 aliphatic rings. The number of rotatable bonds is 6. The number of fused-ring (bicyclic) bond motifs is 2. The van der Waals surface area contributed by atoms with Crippen molar-refractivity contribution in [1.29, 1.82) is 0 Å². The van der Waals surface area contributed by atoms with Crippen LogP contribution in [0.1, 0.15) is 13.3 Å². The van der Waals surface area contributed by atoms with Crippen molar-refractivity contribution >= 4 is 33.9 Å². The minimum absolute atomic E-state index is 0.0831. The third-order valence-corrected chi connectivity index (χ3v) is 3.83. The fourth-order valence-corrected chi connectivity index (χ4v) is 2.59. The maximum atomic E-state index is 10.1. The number of aromatic nitrogens is 1. The molecule has 25 heavy (non-hydrogen) atoms.